The molecule has 1 unspecified atom stereocenters. The van der Waals surface area contributed by atoms with Crippen LogP contribution in [0.4, 0.5) is 10.1 Å². The number of nitrogens with one attached hydrogen (secondary N) is 3. The summed E-state index contributed by atoms with van der Waals surface area (Å²) in [6.45, 7) is 2.01. The molecule has 1 aromatic heterocycles. The van der Waals surface area contributed by atoms with E-state index in [-0.39, 0.29) is 11.7 Å². The highest BCUT2D eigenvalue weighted by atomic mass is 19.1. The van der Waals surface area contributed by atoms with Crippen LogP contribution in [0.15, 0.2) is 72.9 Å². The maximum atomic E-state index is 15.0. The quantitative estimate of drug-likeness (QED) is 0.199. The number of aromatic nitrogens is 2. The molecule has 0 bridgehead atoms. The predicted molar refractivity (Wildman–Crippen MR) is 131 cm³/mol. The van der Waals surface area contributed by atoms with E-state index in [9.17, 15) is 4.79 Å². The van der Waals surface area contributed by atoms with Crippen LogP contribution in [0.1, 0.15) is 45.8 Å². The van der Waals surface area contributed by atoms with Gasteiger partial charge in [-0.1, -0.05) is 37.3 Å². The second-order valence-corrected chi connectivity index (χ2v) is 7.87. The van der Waals surface area contributed by atoms with Crippen molar-refractivity contribution in [1.29, 1.82) is 5.41 Å². The van der Waals surface area contributed by atoms with Crippen molar-refractivity contribution >= 4 is 17.4 Å². The maximum Gasteiger partial charge on any atom is 0.249 e. The van der Waals surface area contributed by atoms with Gasteiger partial charge in [0, 0.05) is 27.9 Å². The van der Waals surface area contributed by atoms with Gasteiger partial charge in [0.05, 0.1) is 11.9 Å². The van der Waals surface area contributed by atoms with Crippen LogP contribution in [0.3, 0.4) is 0 Å². The predicted octanol–water partition coefficient (Wildman–Crippen LogP) is 4.36. The molecule has 0 aliphatic carbocycles. The number of amides is 1. The molecule has 4 aromatic rings. The van der Waals surface area contributed by atoms with E-state index in [0.29, 0.717) is 39.5 Å². The van der Waals surface area contributed by atoms with Crippen molar-refractivity contribution < 1.29 is 9.18 Å². The number of H-pyrrole nitrogens is 1. The number of nitrogen functional groups attached to an aromatic ring is 1. The van der Waals surface area contributed by atoms with Crippen molar-refractivity contribution in [3.05, 3.63) is 107 Å². The zero-order valence-electron chi connectivity index (χ0n) is 18.6. The van der Waals surface area contributed by atoms with Crippen LogP contribution in [0, 0.1) is 11.2 Å². The first-order valence-corrected chi connectivity index (χ1v) is 10.8. The Morgan fingerprint density at radius 1 is 1.12 bits per heavy atom. The van der Waals surface area contributed by atoms with Gasteiger partial charge in [0.25, 0.3) is 0 Å². The smallest absolute Gasteiger partial charge is 0.249 e. The van der Waals surface area contributed by atoms with Gasteiger partial charge in [0.2, 0.25) is 5.91 Å². The van der Waals surface area contributed by atoms with E-state index in [0.717, 1.165) is 12.0 Å². The third-order valence-electron chi connectivity index (χ3n) is 5.64. The van der Waals surface area contributed by atoms with Crippen LogP contribution in [0.2, 0.25) is 0 Å². The second kappa shape index (κ2) is 9.58. The molecule has 7 nitrogen and oxygen atoms in total. The van der Waals surface area contributed by atoms with Crippen LogP contribution in [0.25, 0.3) is 11.3 Å². The molecule has 4 rings (SSSR count). The van der Waals surface area contributed by atoms with E-state index in [1.165, 1.54) is 6.07 Å². The van der Waals surface area contributed by atoms with Gasteiger partial charge in [0.1, 0.15) is 23.5 Å². The third-order valence-corrected chi connectivity index (χ3v) is 5.64. The summed E-state index contributed by atoms with van der Waals surface area (Å²) in [6, 6.07) is 18.3. The molecular weight excluding hydrogens is 431 g/mol. The molecule has 8 heteroatoms. The fraction of sp³-hybridized carbons (Fsp3) is 0.115. The zero-order chi connectivity index (χ0) is 24.2. The van der Waals surface area contributed by atoms with Crippen molar-refractivity contribution in [2.45, 2.75) is 19.4 Å². The number of aryl methyl sites for hydroxylation is 1. The lowest BCUT2D eigenvalue weighted by Crippen LogP contribution is -2.16. The highest BCUT2D eigenvalue weighted by Gasteiger charge is 2.23. The number of aromatic amines is 1. The molecule has 0 saturated heterocycles. The number of hydrogen-bond donors (Lipinski definition) is 5. The highest BCUT2D eigenvalue weighted by Crippen LogP contribution is 2.30. The van der Waals surface area contributed by atoms with Gasteiger partial charge >= 0.3 is 0 Å². The first-order chi connectivity index (χ1) is 16.4. The Morgan fingerprint density at radius 2 is 1.85 bits per heavy atom. The molecule has 0 saturated carbocycles. The molecule has 1 amide bonds. The largest absolute Gasteiger partial charge is 0.384 e. The van der Waals surface area contributed by atoms with E-state index in [1.807, 2.05) is 13.0 Å². The number of halogens is 1. The minimum absolute atomic E-state index is 0.0337. The van der Waals surface area contributed by atoms with E-state index < -0.39 is 11.9 Å². The van der Waals surface area contributed by atoms with E-state index in [4.69, 9.17) is 16.9 Å². The number of benzene rings is 3. The number of imidazole rings is 1. The summed E-state index contributed by atoms with van der Waals surface area (Å²) in [7, 11) is 0. The Morgan fingerprint density at radius 3 is 2.53 bits per heavy atom. The van der Waals surface area contributed by atoms with Gasteiger partial charge in [-0.25, -0.2) is 9.37 Å². The number of amidine groups is 1. The van der Waals surface area contributed by atoms with Gasteiger partial charge < -0.3 is 21.8 Å². The molecule has 0 spiro atoms. The number of nitrogens with two attached hydrogens (primary N) is 2. The molecule has 0 aliphatic heterocycles. The average Bonchev–Trinajstić information content (AvgIpc) is 3.33. The van der Waals surface area contributed by atoms with Gasteiger partial charge in [-0.15, -0.1) is 0 Å². The summed E-state index contributed by atoms with van der Waals surface area (Å²) in [5.41, 5.74) is 15.4. The molecule has 1 atom stereocenters. The van der Waals surface area contributed by atoms with Crippen molar-refractivity contribution in [3.63, 3.8) is 0 Å². The van der Waals surface area contributed by atoms with Crippen LogP contribution < -0.4 is 16.8 Å². The van der Waals surface area contributed by atoms with Crippen molar-refractivity contribution in [3.8, 4) is 11.3 Å². The Labute approximate surface area is 196 Å². The molecule has 0 fully saturated rings. The minimum Gasteiger partial charge on any atom is -0.384 e. The van der Waals surface area contributed by atoms with Gasteiger partial charge in [-0.3, -0.25) is 10.2 Å². The molecular formula is C26H25FN6O. The Balaban J connectivity index is 1.78. The highest BCUT2D eigenvalue weighted by molar-refractivity contribution is 5.99. The number of carbonyl (C=O) groups excluding carboxylic acids is 1. The summed E-state index contributed by atoms with van der Waals surface area (Å²) < 4.78 is 15.0. The van der Waals surface area contributed by atoms with Crippen LogP contribution >= 0.6 is 0 Å². The number of rotatable bonds is 8. The molecule has 0 aliphatic rings. The summed E-state index contributed by atoms with van der Waals surface area (Å²) in [5, 5.41) is 10.9. The Bertz CT molecular complexity index is 1350. The Hall–Kier alpha value is -4.46. The zero-order valence-corrected chi connectivity index (χ0v) is 18.6. The SMILES string of the molecule is CCc1ccc(F)c(C(Nc2ccc(C(=N)N)cc2)c2ncc(-c3ccccc3C(N)=O)[nH]2)c1. The number of nitrogens with zero attached hydrogens (tertiary/aromatic N) is 1. The summed E-state index contributed by atoms with van der Waals surface area (Å²) in [6.07, 6.45) is 2.36. The third kappa shape index (κ3) is 4.66. The molecule has 0 radical (unpaired) electrons. The first kappa shape index (κ1) is 22.7. The number of anilines is 1. The van der Waals surface area contributed by atoms with E-state index >= 15 is 4.39 Å². The second-order valence-electron chi connectivity index (χ2n) is 7.87. The summed E-state index contributed by atoms with van der Waals surface area (Å²) in [4.78, 5) is 19.6. The maximum absolute atomic E-state index is 15.0. The molecule has 1 heterocycles. The fourth-order valence-electron chi connectivity index (χ4n) is 3.79. The van der Waals surface area contributed by atoms with Crippen molar-refractivity contribution in [2.75, 3.05) is 5.32 Å². The number of carbonyl (C=O) groups is 1. The lowest BCUT2D eigenvalue weighted by Gasteiger charge is -2.20. The van der Waals surface area contributed by atoms with Crippen LogP contribution in [0.5, 0.6) is 0 Å². The average molecular weight is 457 g/mol. The monoisotopic (exact) mass is 456 g/mol. The first-order valence-electron chi connectivity index (χ1n) is 10.8. The summed E-state index contributed by atoms with van der Waals surface area (Å²) in [5.74, 6) is -0.482. The van der Waals surface area contributed by atoms with E-state index in [1.54, 1.807) is 60.8 Å². The normalized spacial score (nSPS) is 11.7. The van der Waals surface area contributed by atoms with Crippen molar-refractivity contribution in [2.24, 2.45) is 11.5 Å². The molecule has 3 aromatic carbocycles. The van der Waals surface area contributed by atoms with Gasteiger partial charge in [0.15, 0.2) is 0 Å². The minimum atomic E-state index is -0.649. The number of primary amides is 1. The Kier molecular flexibility index (Phi) is 6.40. The lowest BCUT2D eigenvalue weighted by atomic mass is 10.0. The van der Waals surface area contributed by atoms with Gasteiger partial charge in [-0.05, 0) is 48.4 Å². The summed E-state index contributed by atoms with van der Waals surface area (Å²) >= 11 is 0. The molecule has 7 N–H and O–H groups in total. The lowest BCUT2D eigenvalue weighted by molar-refractivity contribution is 0.100. The van der Waals surface area contributed by atoms with E-state index in [2.05, 4.69) is 15.3 Å². The van der Waals surface area contributed by atoms with Crippen molar-refractivity contribution in [1.82, 2.24) is 9.97 Å². The van der Waals surface area contributed by atoms with Crippen LogP contribution in [-0.2, 0) is 6.42 Å². The molecule has 34 heavy (non-hydrogen) atoms. The standard InChI is InChI=1S/C26H25FN6O/c1-2-15-7-12-21(27)20(13-15)23(32-17-10-8-16(9-11-17)24(28)29)26-31-14-22(33-26)18-5-3-4-6-19(18)25(30)34/h3-14,23,32H,2H2,1H3,(H3,28,29)(H2,30,34)(H,31,33). The van der Waals surface area contributed by atoms with Gasteiger partial charge in [-0.2, -0.15) is 0 Å². The van der Waals surface area contributed by atoms with Crippen LogP contribution in [-0.4, -0.2) is 21.7 Å². The molecule has 172 valence electrons. The topological polar surface area (TPSA) is 134 Å². The fourth-order valence-corrected chi connectivity index (χ4v) is 3.79. The number of hydrogen-bond acceptors (Lipinski definition) is 4.